The minimum Gasteiger partial charge on any atom is -0.495 e. The number of carbonyl (C=O) groups is 1. The number of nitrogens with one attached hydrogen (secondary N) is 2. The van der Waals surface area contributed by atoms with Crippen molar-refractivity contribution in [3.05, 3.63) is 63.3 Å². The van der Waals surface area contributed by atoms with Gasteiger partial charge in [0.25, 0.3) is 5.91 Å². The lowest BCUT2D eigenvalue weighted by molar-refractivity contribution is -0.112. The quantitative estimate of drug-likeness (QED) is 0.552. The second-order valence-electron chi connectivity index (χ2n) is 5.56. The number of ether oxygens (including phenoxy) is 1. The molecule has 0 radical (unpaired) electrons. The molecule has 0 fully saturated rings. The number of aryl methyl sites for hydroxylation is 2. The maximum Gasteiger partial charge on any atom is 0.267 e. The number of rotatable bonds is 5. The summed E-state index contributed by atoms with van der Waals surface area (Å²) < 4.78 is 5.06. The second kappa shape index (κ2) is 8.61. The fraction of sp³-hybridized carbons (Fsp3) is 0.158. The number of hydrogen-bond acceptors (Lipinski definition) is 4. The SMILES string of the molecule is COc1ccc(NC(=O)/C(C#N)=C\Nc2c(C)cc(C)cc2Cl)cc1Cl. The standard InChI is InChI=1S/C19H17Cl2N3O2/c1-11-6-12(2)18(16(21)7-11)23-10-13(9-22)19(25)24-14-4-5-17(26-3)15(20)8-14/h4-8,10,23H,1-3H3,(H,24,25)/b13-10-. The van der Waals surface area contributed by atoms with Crippen molar-refractivity contribution in [1.82, 2.24) is 0 Å². The Kier molecular flexibility index (Phi) is 6.51. The van der Waals surface area contributed by atoms with Gasteiger partial charge in [-0.25, -0.2) is 0 Å². The highest BCUT2D eigenvalue weighted by atomic mass is 35.5. The predicted octanol–water partition coefficient (Wildman–Crippen LogP) is 5.08. The van der Waals surface area contributed by atoms with Gasteiger partial charge in [0.2, 0.25) is 0 Å². The van der Waals surface area contributed by atoms with Crippen LogP contribution in [0.2, 0.25) is 10.0 Å². The van der Waals surface area contributed by atoms with E-state index in [0.717, 1.165) is 11.1 Å². The van der Waals surface area contributed by atoms with E-state index >= 15 is 0 Å². The molecule has 0 heterocycles. The van der Waals surface area contributed by atoms with Crippen LogP contribution in [-0.2, 0) is 4.79 Å². The van der Waals surface area contributed by atoms with E-state index in [9.17, 15) is 10.1 Å². The summed E-state index contributed by atoms with van der Waals surface area (Å²) >= 11 is 12.2. The van der Waals surface area contributed by atoms with Crippen molar-refractivity contribution in [2.45, 2.75) is 13.8 Å². The topological polar surface area (TPSA) is 74.1 Å². The lowest BCUT2D eigenvalue weighted by atomic mass is 10.1. The molecule has 0 bridgehead atoms. The lowest BCUT2D eigenvalue weighted by Gasteiger charge is -2.10. The van der Waals surface area contributed by atoms with Crippen LogP contribution < -0.4 is 15.4 Å². The number of carbonyl (C=O) groups excluding carboxylic acids is 1. The Morgan fingerprint density at radius 1 is 1.19 bits per heavy atom. The number of amides is 1. The highest BCUT2D eigenvalue weighted by molar-refractivity contribution is 6.33. The Bertz CT molecular complexity index is 894. The molecule has 2 rings (SSSR count). The van der Waals surface area contributed by atoms with Gasteiger partial charge in [0.15, 0.2) is 0 Å². The summed E-state index contributed by atoms with van der Waals surface area (Å²) in [5.74, 6) is -0.0750. The molecule has 2 aromatic carbocycles. The molecule has 0 aliphatic rings. The number of hydrogen-bond donors (Lipinski definition) is 2. The summed E-state index contributed by atoms with van der Waals surface area (Å²) in [5.41, 5.74) is 2.92. The highest BCUT2D eigenvalue weighted by Crippen LogP contribution is 2.28. The zero-order chi connectivity index (χ0) is 19.3. The molecule has 0 aliphatic carbocycles. The van der Waals surface area contributed by atoms with Crippen LogP contribution in [0, 0.1) is 25.2 Å². The molecule has 0 saturated carbocycles. The van der Waals surface area contributed by atoms with Gasteiger partial charge in [-0.2, -0.15) is 5.26 Å². The van der Waals surface area contributed by atoms with Gasteiger partial charge in [-0.3, -0.25) is 4.79 Å². The number of nitriles is 1. The van der Waals surface area contributed by atoms with Gasteiger partial charge in [-0.1, -0.05) is 29.3 Å². The van der Waals surface area contributed by atoms with E-state index in [1.165, 1.54) is 13.3 Å². The van der Waals surface area contributed by atoms with Gasteiger partial charge < -0.3 is 15.4 Å². The first-order valence-corrected chi connectivity index (χ1v) is 8.39. The van der Waals surface area contributed by atoms with E-state index < -0.39 is 5.91 Å². The van der Waals surface area contributed by atoms with Crippen LogP contribution in [0.3, 0.4) is 0 Å². The van der Waals surface area contributed by atoms with Crippen molar-refractivity contribution in [2.24, 2.45) is 0 Å². The summed E-state index contributed by atoms with van der Waals surface area (Å²) in [6.45, 7) is 3.83. The van der Waals surface area contributed by atoms with E-state index in [1.54, 1.807) is 24.3 Å². The minimum atomic E-state index is -0.567. The van der Waals surface area contributed by atoms with Crippen molar-refractivity contribution in [2.75, 3.05) is 17.7 Å². The van der Waals surface area contributed by atoms with Crippen LogP contribution in [0.1, 0.15) is 11.1 Å². The molecular formula is C19H17Cl2N3O2. The van der Waals surface area contributed by atoms with Crippen molar-refractivity contribution in [1.29, 1.82) is 5.26 Å². The van der Waals surface area contributed by atoms with E-state index in [1.807, 2.05) is 26.0 Å². The average Bonchev–Trinajstić information content (AvgIpc) is 2.57. The van der Waals surface area contributed by atoms with Crippen LogP contribution in [0.25, 0.3) is 0 Å². The van der Waals surface area contributed by atoms with Crippen LogP contribution >= 0.6 is 23.2 Å². The van der Waals surface area contributed by atoms with Gasteiger partial charge in [-0.05, 0) is 49.2 Å². The molecule has 5 nitrogen and oxygen atoms in total. The minimum absolute atomic E-state index is 0.104. The zero-order valence-corrected chi connectivity index (χ0v) is 16.0. The van der Waals surface area contributed by atoms with Crippen LogP contribution in [-0.4, -0.2) is 13.0 Å². The number of methoxy groups -OCH3 is 1. The van der Waals surface area contributed by atoms with Crippen molar-refractivity contribution in [3.63, 3.8) is 0 Å². The van der Waals surface area contributed by atoms with Gasteiger partial charge in [0.1, 0.15) is 17.4 Å². The summed E-state index contributed by atoms with van der Waals surface area (Å²) in [5, 5.41) is 15.7. The van der Waals surface area contributed by atoms with Crippen molar-refractivity contribution < 1.29 is 9.53 Å². The molecule has 0 spiro atoms. The maximum atomic E-state index is 12.3. The molecule has 134 valence electrons. The number of halogens is 2. The Balaban J connectivity index is 2.17. The molecule has 0 saturated heterocycles. The highest BCUT2D eigenvalue weighted by Gasteiger charge is 2.12. The number of benzene rings is 2. The van der Waals surface area contributed by atoms with Gasteiger partial charge in [0.05, 0.1) is 22.8 Å². The summed E-state index contributed by atoms with van der Waals surface area (Å²) in [6.07, 6.45) is 1.32. The fourth-order valence-corrected chi connectivity index (χ4v) is 2.97. The molecule has 26 heavy (non-hydrogen) atoms. The smallest absolute Gasteiger partial charge is 0.267 e. The van der Waals surface area contributed by atoms with Crippen LogP contribution in [0.15, 0.2) is 42.1 Å². The zero-order valence-electron chi connectivity index (χ0n) is 14.5. The molecule has 0 atom stereocenters. The average molecular weight is 390 g/mol. The molecule has 0 aliphatic heterocycles. The third-order valence-electron chi connectivity index (χ3n) is 3.57. The Labute approximate surface area is 162 Å². The molecule has 2 N–H and O–H groups in total. The van der Waals surface area contributed by atoms with E-state index in [2.05, 4.69) is 10.6 Å². The van der Waals surface area contributed by atoms with E-state index in [0.29, 0.717) is 27.2 Å². The molecule has 0 unspecified atom stereocenters. The summed E-state index contributed by atoms with van der Waals surface area (Å²) in [6, 6.07) is 10.4. The first-order chi connectivity index (χ1) is 12.3. The van der Waals surface area contributed by atoms with E-state index in [4.69, 9.17) is 27.9 Å². The largest absolute Gasteiger partial charge is 0.495 e. The molecule has 7 heteroatoms. The molecule has 1 amide bonds. The monoisotopic (exact) mass is 389 g/mol. The number of nitrogens with zero attached hydrogens (tertiary/aromatic N) is 1. The summed E-state index contributed by atoms with van der Waals surface area (Å²) in [7, 11) is 1.50. The van der Waals surface area contributed by atoms with E-state index in [-0.39, 0.29) is 5.57 Å². The van der Waals surface area contributed by atoms with Gasteiger partial charge in [0, 0.05) is 11.9 Å². The lowest BCUT2D eigenvalue weighted by Crippen LogP contribution is -2.14. The molecule has 0 aromatic heterocycles. The molecular weight excluding hydrogens is 373 g/mol. The Morgan fingerprint density at radius 3 is 2.50 bits per heavy atom. The van der Waals surface area contributed by atoms with Crippen LogP contribution in [0.5, 0.6) is 5.75 Å². The normalized spacial score (nSPS) is 10.8. The fourth-order valence-electron chi connectivity index (χ4n) is 2.33. The second-order valence-corrected chi connectivity index (χ2v) is 6.37. The van der Waals surface area contributed by atoms with Crippen LogP contribution in [0.4, 0.5) is 11.4 Å². The summed E-state index contributed by atoms with van der Waals surface area (Å²) in [4.78, 5) is 12.3. The maximum absolute atomic E-state index is 12.3. The Morgan fingerprint density at radius 2 is 1.92 bits per heavy atom. The van der Waals surface area contributed by atoms with Gasteiger partial charge in [-0.15, -0.1) is 0 Å². The third-order valence-corrected chi connectivity index (χ3v) is 4.16. The van der Waals surface area contributed by atoms with Crippen molar-refractivity contribution in [3.8, 4) is 11.8 Å². The van der Waals surface area contributed by atoms with Crippen molar-refractivity contribution >= 4 is 40.5 Å². The first kappa shape index (κ1) is 19.6. The third kappa shape index (κ3) is 4.69. The first-order valence-electron chi connectivity index (χ1n) is 7.64. The number of anilines is 2. The van der Waals surface area contributed by atoms with Gasteiger partial charge >= 0.3 is 0 Å². The Hall–Kier alpha value is -2.68. The predicted molar refractivity (Wildman–Crippen MR) is 105 cm³/mol. The molecule has 2 aromatic rings.